The summed E-state index contributed by atoms with van der Waals surface area (Å²) in [5.41, 5.74) is 1.18. The molecule has 0 aliphatic heterocycles. The van der Waals surface area contributed by atoms with Gasteiger partial charge in [-0.25, -0.2) is 9.59 Å². The van der Waals surface area contributed by atoms with Gasteiger partial charge in [0.05, 0.1) is 33.5 Å². The summed E-state index contributed by atoms with van der Waals surface area (Å²) in [6.45, 7) is 3.28. The second-order valence-electron chi connectivity index (χ2n) is 5.89. The van der Waals surface area contributed by atoms with Crippen molar-refractivity contribution in [1.29, 1.82) is 0 Å². The molecule has 9 heteroatoms. The maximum Gasteiger partial charge on any atom is 0.347 e. The molecule has 0 saturated carbocycles. The van der Waals surface area contributed by atoms with Crippen molar-refractivity contribution in [1.82, 2.24) is 0 Å². The van der Waals surface area contributed by atoms with Crippen molar-refractivity contribution < 1.29 is 33.3 Å². The Morgan fingerprint density at radius 1 is 0.793 bits per heavy atom. The average molecular weight is 443 g/mol. The number of carbonyl (C=O) groups is 2. The molecule has 0 saturated heterocycles. The average Bonchev–Trinajstić information content (AvgIpc) is 2.69. The van der Waals surface area contributed by atoms with Gasteiger partial charge in [-0.15, -0.1) is 0 Å². The van der Waals surface area contributed by atoms with Crippen LogP contribution in [0.25, 0.3) is 0 Å². The molecule has 0 heterocycles. The maximum absolute atomic E-state index is 12.9. The molecule has 0 unspecified atom stereocenters. The molecule has 0 atom stereocenters. The van der Waals surface area contributed by atoms with Crippen LogP contribution in [0.15, 0.2) is 12.1 Å². The first-order valence-electron chi connectivity index (χ1n) is 8.30. The smallest absolute Gasteiger partial charge is 0.347 e. The number of carbonyl (C=O) groups excluding carboxylic acids is 2. The summed E-state index contributed by atoms with van der Waals surface area (Å²) in [4.78, 5) is 24.9. The third-order valence-electron chi connectivity index (χ3n) is 4.23. The number of halogens is 2. The third-order valence-corrected chi connectivity index (χ3v) is 5.03. The van der Waals surface area contributed by atoms with Gasteiger partial charge in [0.1, 0.15) is 27.6 Å². The van der Waals surface area contributed by atoms with Gasteiger partial charge in [-0.05, 0) is 31.0 Å². The molecule has 0 N–H and O–H groups in total. The summed E-state index contributed by atoms with van der Waals surface area (Å²) in [6, 6.07) is 2.92. The fourth-order valence-electron chi connectivity index (χ4n) is 2.84. The van der Waals surface area contributed by atoms with Gasteiger partial charge in [0, 0.05) is 6.07 Å². The summed E-state index contributed by atoms with van der Waals surface area (Å²) in [5, 5.41) is 0.215. The normalized spacial score (nSPS) is 10.3. The Kier molecular flexibility index (Phi) is 7.21. The van der Waals surface area contributed by atoms with Crippen molar-refractivity contribution in [3.05, 3.63) is 44.4 Å². The Hall–Kier alpha value is -2.64. The van der Waals surface area contributed by atoms with Crippen molar-refractivity contribution in [3.8, 4) is 23.0 Å². The number of ether oxygens (including phenoxy) is 5. The van der Waals surface area contributed by atoms with Gasteiger partial charge in [0.2, 0.25) is 0 Å². The van der Waals surface area contributed by atoms with Crippen LogP contribution in [0.4, 0.5) is 0 Å². The van der Waals surface area contributed by atoms with Crippen LogP contribution in [-0.2, 0) is 4.74 Å². The molecule has 2 rings (SSSR count). The van der Waals surface area contributed by atoms with Crippen LogP contribution in [0.1, 0.15) is 31.8 Å². The minimum absolute atomic E-state index is 0.0485. The summed E-state index contributed by atoms with van der Waals surface area (Å²) >= 11 is 12.5. The molecule has 0 amide bonds. The Balaban J connectivity index is 2.54. The third kappa shape index (κ3) is 4.21. The van der Waals surface area contributed by atoms with E-state index >= 15 is 0 Å². The SMILES string of the molecule is COC(=O)c1c(C)cc(OC(=O)c2c(C)c(Cl)c(OC)c(Cl)c2OC)cc1OC. The second-order valence-corrected chi connectivity index (χ2v) is 6.65. The Bertz CT molecular complexity index is 970. The molecule has 156 valence electrons. The van der Waals surface area contributed by atoms with Gasteiger partial charge < -0.3 is 23.7 Å². The molecule has 0 aromatic heterocycles. The van der Waals surface area contributed by atoms with Gasteiger partial charge in [0.15, 0.2) is 11.5 Å². The molecule has 0 fully saturated rings. The zero-order chi connectivity index (χ0) is 21.9. The Labute approximate surface area is 178 Å². The maximum atomic E-state index is 12.9. The topological polar surface area (TPSA) is 80.3 Å². The molecule has 0 radical (unpaired) electrons. The van der Waals surface area contributed by atoms with Gasteiger partial charge >= 0.3 is 11.9 Å². The molecular formula is C20H20Cl2O7. The fraction of sp³-hybridized carbons (Fsp3) is 0.300. The zero-order valence-corrected chi connectivity index (χ0v) is 18.3. The Morgan fingerprint density at radius 3 is 1.93 bits per heavy atom. The summed E-state index contributed by atoms with van der Waals surface area (Å²) in [5.74, 6) is -0.693. The second kappa shape index (κ2) is 9.24. The number of aryl methyl sites for hydroxylation is 1. The monoisotopic (exact) mass is 442 g/mol. The van der Waals surface area contributed by atoms with Crippen LogP contribution in [0.3, 0.4) is 0 Å². The van der Waals surface area contributed by atoms with Gasteiger partial charge in [-0.3, -0.25) is 0 Å². The lowest BCUT2D eigenvalue weighted by molar-refractivity contribution is 0.0596. The van der Waals surface area contributed by atoms with Gasteiger partial charge in [-0.1, -0.05) is 23.2 Å². The predicted octanol–water partition coefficient (Wildman–Crippen LogP) is 4.64. The van der Waals surface area contributed by atoms with Crippen LogP contribution in [-0.4, -0.2) is 40.4 Å². The first-order valence-corrected chi connectivity index (χ1v) is 9.05. The number of methoxy groups -OCH3 is 4. The number of hydrogen-bond donors (Lipinski definition) is 0. The van der Waals surface area contributed by atoms with Gasteiger partial charge in [0.25, 0.3) is 0 Å². The van der Waals surface area contributed by atoms with E-state index in [0.717, 1.165) is 0 Å². The van der Waals surface area contributed by atoms with Crippen molar-refractivity contribution in [2.24, 2.45) is 0 Å². The minimum Gasteiger partial charge on any atom is -0.496 e. The lowest BCUT2D eigenvalue weighted by Crippen LogP contribution is -2.14. The predicted molar refractivity (Wildman–Crippen MR) is 108 cm³/mol. The van der Waals surface area contributed by atoms with E-state index in [1.807, 2.05) is 0 Å². The van der Waals surface area contributed by atoms with E-state index in [-0.39, 0.29) is 44.2 Å². The van der Waals surface area contributed by atoms with Crippen molar-refractivity contribution in [2.45, 2.75) is 13.8 Å². The molecule has 7 nitrogen and oxygen atoms in total. The number of hydrogen-bond acceptors (Lipinski definition) is 7. The molecule has 0 bridgehead atoms. The molecule has 0 aliphatic carbocycles. The number of rotatable bonds is 6. The van der Waals surface area contributed by atoms with Crippen molar-refractivity contribution >= 4 is 35.1 Å². The number of benzene rings is 2. The molecule has 2 aromatic carbocycles. The van der Waals surface area contributed by atoms with Crippen molar-refractivity contribution in [3.63, 3.8) is 0 Å². The van der Waals surface area contributed by atoms with Crippen LogP contribution >= 0.6 is 23.2 Å². The molecule has 2 aromatic rings. The van der Waals surface area contributed by atoms with E-state index in [9.17, 15) is 9.59 Å². The molecule has 29 heavy (non-hydrogen) atoms. The van der Waals surface area contributed by atoms with Crippen LogP contribution in [0.2, 0.25) is 10.0 Å². The highest BCUT2D eigenvalue weighted by Gasteiger charge is 2.28. The molecule has 0 spiro atoms. The fourth-order valence-corrected chi connectivity index (χ4v) is 3.50. The highest BCUT2D eigenvalue weighted by molar-refractivity contribution is 6.39. The van der Waals surface area contributed by atoms with E-state index in [4.69, 9.17) is 46.9 Å². The van der Waals surface area contributed by atoms with Crippen molar-refractivity contribution in [2.75, 3.05) is 28.4 Å². The van der Waals surface area contributed by atoms with Crippen LogP contribution in [0, 0.1) is 13.8 Å². The van der Waals surface area contributed by atoms with Gasteiger partial charge in [-0.2, -0.15) is 0 Å². The van der Waals surface area contributed by atoms with E-state index in [1.54, 1.807) is 13.8 Å². The van der Waals surface area contributed by atoms with E-state index in [1.165, 1.54) is 40.6 Å². The molecular weight excluding hydrogens is 423 g/mol. The molecule has 0 aliphatic rings. The zero-order valence-electron chi connectivity index (χ0n) is 16.8. The van der Waals surface area contributed by atoms with E-state index in [2.05, 4.69) is 0 Å². The minimum atomic E-state index is -0.752. The van der Waals surface area contributed by atoms with Crippen LogP contribution in [0.5, 0.6) is 23.0 Å². The Morgan fingerprint density at radius 2 is 1.41 bits per heavy atom. The lowest BCUT2D eigenvalue weighted by Gasteiger charge is -2.18. The largest absolute Gasteiger partial charge is 0.496 e. The van der Waals surface area contributed by atoms with Crippen LogP contribution < -0.4 is 18.9 Å². The first kappa shape index (κ1) is 22.6. The summed E-state index contributed by atoms with van der Waals surface area (Å²) in [7, 11) is 5.43. The lowest BCUT2D eigenvalue weighted by atomic mass is 10.1. The van der Waals surface area contributed by atoms with E-state index in [0.29, 0.717) is 11.1 Å². The van der Waals surface area contributed by atoms with E-state index < -0.39 is 11.9 Å². The summed E-state index contributed by atoms with van der Waals surface area (Å²) in [6.07, 6.45) is 0. The highest BCUT2D eigenvalue weighted by Crippen LogP contribution is 2.45. The summed E-state index contributed by atoms with van der Waals surface area (Å²) < 4.78 is 26.0. The standard InChI is InChI=1S/C20H20Cl2O7/c1-9-7-11(8-12(25-3)13(9)19(23)28-6)29-20(24)14-10(2)15(21)18(27-5)16(22)17(14)26-4/h7-8H,1-6H3. The number of esters is 2. The quantitative estimate of drug-likeness (QED) is 0.475. The first-order chi connectivity index (χ1) is 13.7. The highest BCUT2D eigenvalue weighted by atomic mass is 35.5.